The smallest absolute Gasteiger partial charge is 0.252 e. The third kappa shape index (κ3) is 2.59. The number of amides is 1. The number of hydrogen-bond acceptors (Lipinski definition) is 2. The summed E-state index contributed by atoms with van der Waals surface area (Å²) in [4.78, 5) is 12.0. The van der Waals surface area contributed by atoms with Crippen LogP contribution in [0.1, 0.15) is 28.8 Å². The molecular weight excluding hydrogens is 236 g/mol. The Bertz CT molecular complexity index is 489. The van der Waals surface area contributed by atoms with Crippen LogP contribution in [0.3, 0.4) is 0 Å². The molecule has 1 aliphatic rings. The molecule has 0 bridgehead atoms. The molecule has 1 fully saturated rings. The van der Waals surface area contributed by atoms with Gasteiger partial charge < -0.3 is 5.32 Å². The maximum atomic E-state index is 12.0. The van der Waals surface area contributed by atoms with E-state index in [0.29, 0.717) is 16.5 Å². The Morgan fingerprint density at radius 3 is 2.88 bits per heavy atom. The summed E-state index contributed by atoms with van der Waals surface area (Å²) in [5.74, 6) is 0.104. The first-order valence-corrected chi connectivity index (χ1v) is 5.97. The number of nitrogens with zero attached hydrogens (tertiary/aromatic N) is 1. The van der Waals surface area contributed by atoms with Gasteiger partial charge in [-0.2, -0.15) is 5.26 Å². The summed E-state index contributed by atoms with van der Waals surface area (Å²) in [5.41, 5.74) is 1.29. The Balaban J connectivity index is 2.14. The highest BCUT2D eigenvalue weighted by Crippen LogP contribution is 2.32. The number of rotatable bonds is 3. The van der Waals surface area contributed by atoms with E-state index in [1.807, 2.05) is 0 Å². The topological polar surface area (TPSA) is 52.9 Å². The lowest BCUT2D eigenvalue weighted by atomic mass is 10.1. The Kier molecular flexibility index (Phi) is 3.35. The van der Waals surface area contributed by atoms with Crippen LogP contribution < -0.4 is 5.32 Å². The molecule has 3 nitrogen and oxygen atoms in total. The molecule has 1 aromatic rings. The molecule has 1 atom stereocenters. The van der Waals surface area contributed by atoms with Crippen LogP contribution in [0, 0.1) is 24.2 Å². The average Bonchev–Trinajstić information content (AvgIpc) is 3.13. The van der Waals surface area contributed by atoms with Gasteiger partial charge in [0.2, 0.25) is 0 Å². The molecule has 0 spiro atoms. The van der Waals surface area contributed by atoms with Gasteiger partial charge in [0.05, 0.1) is 6.07 Å². The van der Waals surface area contributed by atoms with Crippen molar-refractivity contribution in [1.29, 1.82) is 5.26 Å². The third-order valence-corrected chi connectivity index (χ3v) is 3.44. The van der Waals surface area contributed by atoms with E-state index < -0.39 is 0 Å². The van der Waals surface area contributed by atoms with Crippen molar-refractivity contribution in [2.75, 3.05) is 0 Å². The van der Waals surface area contributed by atoms with Gasteiger partial charge in [-0.25, -0.2) is 0 Å². The van der Waals surface area contributed by atoms with Gasteiger partial charge in [-0.15, -0.1) is 0 Å². The van der Waals surface area contributed by atoms with Gasteiger partial charge in [-0.05, 0) is 43.4 Å². The zero-order chi connectivity index (χ0) is 12.4. The number of nitriles is 1. The predicted molar refractivity (Wildman–Crippen MR) is 65.8 cm³/mol. The minimum atomic E-state index is -0.374. The quantitative estimate of drug-likeness (QED) is 0.894. The van der Waals surface area contributed by atoms with E-state index in [1.165, 1.54) is 0 Å². The van der Waals surface area contributed by atoms with E-state index in [0.717, 1.165) is 18.4 Å². The number of hydrogen-bond donors (Lipinski definition) is 1. The number of benzene rings is 1. The van der Waals surface area contributed by atoms with Crippen molar-refractivity contribution >= 4 is 17.5 Å². The van der Waals surface area contributed by atoms with Gasteiger partial charge in [-0.3, -0.25) is 4.79 Å². The Hall–Kier alpha value is -1.53. The van der Waals surface area contributed by atoms with Crippen LogP contribution in [0.5, 0.6) is 0 Å². The highest BCUT2D eigenvalue weighted by molar-refractivity contribution is 6.31. The van der Waals surface area contributed by atoms with Crippen molar-refractivity contribution in [1.82, 2.24) is 5.32 Å². The molecule has 1 aromatic carbocycles. The minimum Gasteiger partial charge on any atom is -0.336 e. The highest BCUT2D eigenvalue weighted by atomic mass is 35.5. The molecule has 2 rings (SSSR count). The standard InChI is InChI=1S/C13H13ClN2O/c1-8-10(3-2-4-11(8)14)13(17)16-12(7-15)9-5-6-9/h2-4,9,12H,5-6H2,1H3,(H,16,17). The van der Waals surface area contributed by atoms with Crippen molar-refractivity contribution in [3.63, 3.8) is 0 Å². The normalized spacial score (nSPS) is 16.1. The molecule has 0 radical (unpaired) electrons. The van der Waals surface area contributed by atoms with Crippen molar-refractivity contribution in [2.45, 2.75) is 25.8 Å². The lowest BCUT2D eigenvalue weighted by Crippen LogP contribution is -2.35. The SMILES string of the molecule is Cc1c(Cl)cccc1C(=O)NC(C#N)C1CC1. The molecule has 17 heavy (non-hydrogen) atoms. The van der Waals surface area contributed by atoms with E-state index in [1.54, 1.807) is 25.1 Å². The molecule has 88 valence electrons. The van der Waals surface area contributed by atoms with Crippen LogP contribution in [0.25, 0.3) is 0 Å². The van der Waals surface area contributed by atoms with Gasteiger partial charge in [0, 0.05) is 10.6 Å². The molecule has 0 aliphatic heterocycles. The van der Waals surface area contributed by atoms with Crippen LogP contribution >= 0.6 is 11.6 Å². The van der Waals surface area contributed by atoms with Gasteiger partial charge in [0.25, 0.3) is 5.91 Å². The summed E-state index contributed by atoms with van der Waals surface area (Å²) in [6, 6.07) is 6.96. The minimum absolute atomic E-state index is 0.219. The summed E-state index contributed by atoms with van der Waals surface area (Å²) >= 11 is 5.96. The first kappa shape index (κ1) is 11.9. The van der Waals surface area contributed by atoms with E-state index in [4.69, 9.17) is 16.9 Å². The number of nitrogens with one attached hydrogen (secondary N) is 1. The zero-order valence-corrected chi connectivity index (χ0v) is 10.3. The van der Waals surface area contributed by atoms with Crippen LogP contribution in [-0.2, 0) is 0 Å². The van der Waals surface area contributed by atoms with E-state index >= 15 is 0 Å². The maximum Gasteiger partial charge on any atom is 0.252 e. The molecule has 1 N–H and O–H groups in total. The predicted octanol–water partition coefficient (Wildman–Crippen LogP) is 2.68. The molecule has 1 aliphatic carbocycles. The molecule has 0 heterocycles. The Morgan fingerprint density at radius 1 is 1.59 bits per heavy atom. The lowest BCUT2D eigenvalue weighted by molar-refractivity contribution is 0.0941. The number of carbonyl (C=O) groups is 1. The Morgan fingerprint density at radius 2 is 2.29 bits per heavy atom. The Labute approximate surface area is 105 Å². The summed E-state index contributed by atoms with van der Waals surface area (Å²) in [7, 11) is 0. The summed E-state index contributed by atoms with van der Waals surface area (Å²) in [5, 5.41) is 12.3. The van der Waals surface area contributed by atoms with E-state index in [9.17, 15) is 4.79 Å². The largest absolute Gasteiger partial charge is 0.336 e. The first-order chi connectivity index (χ1) is 8.13. The second-order valence-electron chi connectivity index (χ2n) is 4.33. The number of halogens is 1. The fourth-order valence-corrected chi connectivity index (χ4v) is 1.93. The van der Waals surface area contributed by atoms with Crippen LogP contribution in [0.2, 0.25) is 5.02 Å². The third-order valence-electron chi connectivity index (χ3n) is 3.03. The van der Waals surface area contributed by atoms with Gasteiger partial charge in [-0.1, -0.05) is 17.7 Å². The summed E-state index contributed by atoms with van der Waals surface area (Å²) in [6.45, 7) is 1.80. The summed E-state index contributed by atoms with van der Waals surface area (Å²) < 4.78 is 0. The van der Waals surface area contributed by atoms with Gasteiger partial charge in [0.1, 0.15) is 6.04 Å². The van der Waals surface area contributed by atoms with Crippen molar-refractivity contribution in [2.24, 2.45) is 5.92 Å². The van der Waals surface area contributed by atoms with Crippen LogP contribution in [0.15, 0.2) is 18.2 Å². The van der Waals surface area contributed by atoms with Crippen molar-refractivity contribution < 1.29 is 4.79 Å². The lowest BCUT2D eigenvalue weighted by Gasteiger charge is -2.12. The average molecular weight is 249 g/mol. The fourth-order valence-electron chi connectivity index (χ4n) is 1.76. The van der Waals surface area contributed by atoms with Gasteiger partial charge in [0.15, 0.2) is 0 Å². The molecular formula is C13H13ClN2O. The second-order valence-corrected chi connectivity index (χ2v) is 4.74. The maximum absolute atomic E-state index is 12.0. The molecule has 0 saturated heterocycles. The molecule has 4 heteroatoms. The monoisotopic (exact) mass is 248 g/mol. The molecule has 1 amide bonds. The molecule has 1 unspecified atom stereocenters. The van der Waals surface area contributed by atoms with Crippen molar-refractivity contribution in [3.05, 3.63) is 34.3 Å². The van der Waals surface area contributed by atoms with Crippen LogP contribution in [0.4, 0.5) is 0 Å². The van der Waals surface area contributed by atoms with Crippen molar-refractivity contribution in [3.8, 4) is 6.07 Å². The molecule has 1 saturated carbocycles. The molecule has 0 aromatic heterocycles. The first-order valence-electron chi connectivity index (χ1n) is 5.59. The zero-order valence-electron chi connectivity index (χ0n) is 9.53. The highest BCUT2D eigenvalue weighted by Gasteiger charge is 2.32. The van der Waals surface area contributed by atoms with E-state index in [-0.39, 0.29) is 11.9 Å². The fraction of sp³-hybridized carbons (Fsp3) is 0.385. The second kappa shape index (κ2) is 4.77. The number of carbonyl (C=O) groups excluding carboxylic acids is 1. The summed E-state index contributed by atoms with van der Waals surface area (Å²) in [6.07, 6.45) is 2.04. The van der Waals surface area contributed by atoms with Crippen LogP contribution in [-0.4, -0.2) is 11.9 Å². The van der Waals surface area contributed by atoms with E-state index in [2.05, 4.69) is 11.4 Å². The van der Waals surface area contributed by atoms with Gasteiger partial charge >= 0.3 is 0 Å².